The Balaban J connectivity index is 1.70. The van der Waals surface area contributed by atoms with Gasteiger partial charge in [-0.3, -0.25) is 14.5 Å². The van der Waals surface area contributed by atoms with Crippen molar-refractivity contribution in [2.24, 2.45) is 5.92 Å². The highest BCUT2D eigenvalue weighted by Crippen LogP contribution is 2.24. The molecule has 1 fully saturated rings. The van der Waals surface area contributed by atoms with Crippen molar-refractivity contribution < 1.29 is 14.4 Å². The molecule has 2 heterocycles. The van der Waals surface area contributed by atoms with Crippen LogP contribution in [0.5, 0.6) is 0 Å². The molecule has 2 aliphatic heterocycles. The molecule has 0 bridgehead atoms. The maximum absolute atomic E-state index is 12.6. The lowest BCUT2D eigenvalue weighted by Crippen LogP contribution is -2.54. The molecule has 0 aromatic heterocycles. The molecule has 6 heteroatoms. The fourth-order valence-electron chi connectivity index (χ4n) is 3.93. The van der Waals surface area contributed by atoms with Crippen molar-refractivity contribution in [2.45, 2.75) is 64.2 Å². The highest BCUT2D eigenvalue weighted by atomic mass is 16.2. The summed E-state index contributed by atoms with van der Waals surface area (Å²) in [6.45, 7) is 5.55. The summed E-state index contributed by atoms with van der Waals surface area (Å²) in [5, 5.41) is 5.87. The van der Waals surface area contributed by atoms with Gasteiger partial charge in [0.2, 0.25) is 11.8 Å². The van der Waals surface area contributed by atoms with Crippen LogP contribution in [0.4, 0.5) is 0 Å². The lowest BCUT2D eigenvalue weighted by Gasteiger charge is -2.38. The molecule has 2 aliphatic rings. The number of carbonyl (C=O) groups excluding carboxylic acids is 3. The van der Waals surface area contributed by atoms with E-state index in [1.807, 2.05) is 12.1 Å². The second-order valence-electron chi connectivity index (χ2n) is 7.77. The van der Waals surface area contributed by atoms with Gasteiger partial charge in [0.25, 0.3) is 0 Å². The van der Waals surface area contributed by atoms with Crippen LogP contribution in [-0.2, 0) is 27.3 Å². The van der Waals surface area contributed by atoms with E-state index in [1.54, 1.807) is 0 Å². The first kappa shape index (κ1) is 19.5. The monoisotopic (exact) mass is 371 g/mol. The van der Waals surface area contributed by atoms with Gasteiger partial charge in [0.15, 0.2) is 0 Å². The van der Waals surface area contributed by atoms with Crippen molar-refractivity contribution in [1.82, 2.24) is 15.5 Å². The molecule has 2 N–H and O–H groups in total. The summed E-state index contributed by atoms with van der Waals surface area (Å²) in [7, 11) is 0. The highest BCUT2D eigenvalue weighted by Gasteiger charge is 2.33. The van der Waals surface area contributed by atoms with Gasteiger partial charge in [0, 0.05) is 25.6 Å². The highest BCUT2D eigenvalue weighted by molar-refractivity contribution is 5.90. The number of hydrogen-bond donors (Lipinski definition) is 2. The van der Waals surface area contributed by atoms with Crippen LogP contribution in [0.2, 0.25) is 0 Å². The Hall–Kier alpha value is -2.21. The molecule has 0 radical (unpaired) electrons. The van der Waals surface area contributed by atoms with Crippen LogP contribution in [0.25, 0.3) is 0 Å². The third-order valence-corrected chi connectivity index (χ3v) is 5.95. The molecule has 0 spiro atoms. The number of hydrogen-bond acceptors (Lipinski definition) is 4. The SMILES string of the molecule is CC[C@H](C)[C@@H](CN1Cc2ccccc2C[C@H]1C=O)NC(=O)[C@@H]1CCC(=O)N1. The molecule has 6 nitrogen and oxygen atoms in total. The molecule has 146 valence electrons. The number of aldehydes is 1. The van der Waals surface area contributed by atoms with Crippen molar-refractivity contribution >= 4 is 18.1 Å². The van der Waals surface area contributed by atoms with Gasteiger partial charge in [-0.05, 0) is 29.9 Å². The molecule has 0 aliphatic carbocycles. The molecule has 1 aromatic carbocycles. The fraction of sp³-hybridized carbons (Fsp3) is 0.571. The number of benzene rings is 1. The number of carbonyl (C=O) groups is 3. The van der Waals surface area contributed by atoms with E-state index in [-0.39, 0.29) is 29.8 Å². The van der Waals surface area contributed by atoms with Crippen molar-refractivity contribution in [2.75, 3.05) is 6.54 Å². The average molecular weight is 371 g/mol. The van der Waals surface area contributed by atoms with Crippen LogP contribution < -0.4 is 10.6 Å². The summed E-state index contributed by atoms with van der Waals surface area (Å²) in [5.41, 5.74) is 2.47. The molecule has 1 aromatic rings. The molecular weight excluding hydrogens is 342 g/mol. The van der Waals surface area contributed by atoms with Crippen LogP contribution in [0, 0.1) is 5.92 Å². The van der Waals surface area contributed by atoms with Gasteiger partial charge in [-0.2, -0.15) is 0 Å². The Morgan fingerprint density at radius 3 is 2.74 bits per heavy atom. The van der Waals surface area contributed by atoms with Gasteiger partial charge in [-0.25, -0.2) is 0 Å². The predicted octanol–water partition coefficient (Wildman–Crippen LogP) is 1.42. The van der Waals surface area contributed by atoms with Gasteiger partial charge in [-0.15, -0.1) is 0 Å². The van der Waals surface area contributed by atoms with E-state index in [4.69, 9.17) is 0 Å². The van der Waals surface area contributed by atoms with Gasteiger partial charge >= 0.3 is 0 Å². The van der Waals surface area contributed by atoms with Crippen LogP contribution >= 0.6 is 0 Å². The first-order valence-corrected chi connectivity index (χ1v) is 9.87. The topological polar surface area (TPSA) is 78.5 Å². The number of nitrogens with zero attached hydrogens (tertiary/aromatic N) is 1. The predicted molar refractivity (Wildman–Crippen MR) is 103 cm³/mol. The Morgan fingerprint density at radius 2 is 2.11 bits per heavy atom. The van der Waals surface area contributed by atoms with Crippen LogP contribution in [-0.4, -0.2) is 47.7 Å². The van der Waals surface area contributed by atoms with Crippen LogP contribution in [0.15, 0.2) is 24.3 Å². The first-order valence-electron chi connectivity index (χ1n) is 9.87. The van der Waals surface area contributed by atoms with E-state index in [9.17, 15) is 14.4 Å². The maximum Gasteiger partial charge on any atom is 0.242 e. The summed E-state index contributed by atoms with van der Waals surface area (Å²) < 4.78 is 0. The summed E-state index contributed by atoms with van der Waals surface area (Å²) in [6.07, 6.45) is 3.61. The zero-order chi connectivity index (χ0) is 19.4. The molecule has 0 unspecified atom stereocenters. The molecular formula is C21H29N3O3. The van der Waals surface area contributed by atoms with Gasteiger partial charge in [0.05, 0.1) is 6.04 Å². The van der Waals surface area contributed by atoms with E-state index in [1.165, 1.54) is 11.1 Å². The Labute approximate surface area is 160 Å². The van der Waals surface area contributed by atoms with Crippen LogP contribution in [0.3, 0.4) is 0 Å². The number of nitrogens with one attached hydrogen (secondary N) is 2. The normalized spacial score (nSPS) is 24.6. The third-order valence-electron chi connectivity index (χ3n) is 5.95. The standard InChI is InChI=1S/C21H29N3O3/c1-3-14(2)19(23-21(27)18-8-9-20(26)22-18)12-24-11-16-7-5-4-6-15(16)10-17(24)13-25/h4-7,13-14,17-19H,3,8-12H2,1-2H3,(H,22,26)(H,23,27)/t14-,17-,18-,19+/m0/s1. The van der Waals surface area contributed by atoms with Gasteiger partial charge in [-0.1, -0.05) is 44.5 Å². The Bertz CT molecular complexity index is 706. The summed E-state index contributed by atoms with van der Waals surface area (Å²) in [4.78, 5) is 37.9. The smallest absolute Gasteiger partial charge is 0.242 e. The molecule has 27 heavy (non-hydrogen) atoms. The molecule has 0 saturated carbocycles. The van der Waals surface area contributed by atoms with Gasteiger partial charge in [0.1, 0.15) is 12.3 Å². The first-order chi connectivity index (χ1) is 13.0. The van der Waals surface area contributed by atoms with Crippen molar-refractivity contribution in [3.05, 3.63) is 35.4 Å². The largest absolute Gasteiger partial charge is 0.350 e. The molecule has 1 saturated heterocycles. The lowest BCUT2D eigenvalue weighted by atomic mass is 9.92. The number of amides is 2. The third kappa shape index (κ3) is 4.56. The molecule has 2 amide bonds. The van der Waals surface area contributed by atoms with Crippen molar-refractivity contribution in [3.63, 3.8) is 0 Å². The zero-order valence-electron chi connectivity index (χ0n) is 16.1. The average Bonchev–Trinajstić information content (AvgIpc) is 3.12. The quantitative estimate of drug-likeness (QED) is 0.711. The number of fused-ring (bicyclic) bond motifs is 1. The fourth-order valence-corrected chi connectivity index (χ4v) is 3.93. The second kappa shape index (κ2) is 8.65. The van der Waals surface area contributed by atoms with E-state index in [0.717, 1.165) is 12.7 Å². The molecule has 4 atom stereocenters. The van der Waals surface area contributed by atoms with Crippen molar-refractivity contribution in [1.29, 1.82) is 0 Å². The minimum Gasteiger partial charge on any atom is -0.350 e. The minimum absolute atomic E-state index is 0.0623. The van der Waals surface area contributed by atoms with E-state index >= 15 is 0 Å². The van der Waals surface area contributed by atoms with Gasteiger partial charge < -0.3 is 15.4 Å². The van der Waals surface area contributed by atoms with Crippen molar-refractivity contribution in [3.8, 4) is 0 Å². The van der Waals surface area contributed by atoms with E-state index in [0.29, 0.717) is 32.4 Å². The number of rotatable bonds is 7. The summed E-state index contributed by atoms with van der Waals surface area (Å²) in [5.74, 6) is 0.0886. The maximum atomic E-state index is 12.6. The van der Waals surface area contributed by atoms with Crippen LogP contribution in [0.1, 0.15) is 44.2 Å². The summed E-state index contributed by atoms with van der Waals surface area (Å²) in [6, 6.07) is 7.55. The minimum atomic E-state index is -0.437. The Morgan fingerprint density at radius 1 is 1.37 bits per heavy atom. The Kier molecular flexibility index (Phi) is 6.26. The second-order valence-corrected chi connectivity index (χ2v) is 7.77. The van der Waals surface area contributed by atoms with E-state index < -0.39 is 6.04 Å². The lowest BCUT2D eigenvalue weighted by molar-refractivity contribution is -0.126. The molecule has 3 rings (SSSR count). The zero-order valence-corrected chi connectivity index (χ0v) is 16.1. The van der Waals surface area contributed by atoms with E-state index in [2.05, 4.69) is 41.5 Å². The summed E-state index contributed by atoms with van der Waals surface area (Å²) >= 11 is 0.